The second kappa shape index (κ2) is 6.73. The van der Waals surface area contributed by atoms with Gasteiger partial charge in [0.1, 0.15) is 0 Å². The van der Waals surface area contributed by atoms with Crippen LogP contribution < -0.4 is 10.6 Å². The summed E-state index contributed by atoms with van der Waals surface area (Å²) in [5, 5.41) is 6.20. The van der Waals surface area contributed by atoms with Gasteiger partial charge in [-0.25, -0.2) is 0 Å². The second-order valence-corrected chi connectivity index (χ2v) is 5.17. The van der Waals surface area contributed by atoms with Gasteiger partial charge < -0.3 is 15.4 Å². The van der Waals surface area contributed by atoms with Gasteiger partial charge >= 0.3 is 5.97 Å². The molecule has 1 aliphatic heterocycles. The van der Waals surface area contributed by atoms with E-state index in [0.29, 0.717) is 25.3 Å². The Kier molecular flexibility index (Phi) is 5.59. The van der Waals surface area contributed by atoms with E-state index in [1.54, 1.807) is 0 Å². The van der Waals surface area contributed by atoms with Gasteiger partial charge in [-0.2, -0.15) is 0 Å². The van der Waals surface area contributed by atoms with Crippen LogP contribution >= 0.6 is 0 Å². The Hall–Kier alpha value is -1.10. The van der Waals surface area contributed by atoms with Gasteiger partial charge in [0.15, 0.2) is 0 Å². The predicted molar refractivity (Wildman–Crippen MR) is 69.0 cm³/mol. The Labute approximate surface area is 109 Å². The molecule has 1 fully saturated rings. The highest BCUT2D eigenvalue weighted by molar-refractivity contribution is 5.83. The summed E-state index contributed by atoms with van der Waals surface area (Å²) in [5.74, 6) is 0.186. The number of rotatable bonds is 6. The van der Waals surface area contributed by atoms with Crippen LogP contribution in [0.1, 0.15) is 33.1 Å². The molecule has 0 radical (unpaired) electrons. The molecule has 0 aromatic carbocycles. The molecule has 0 aliphatic carbocycles. The third-order valence-corrected chi connectivity index (χ3v) is 3.82. The molecule has 18 heavy (non-hydrogen) atoms. The minimum absolute atomic E-state index is 0.104. The zero-order chi connectivity index (χ0) is 13.6. The number of methoxy groups -OCH3 is 1. The lowest BCUT2D eigenvalue weighted by molar-refractivity contribution is -0.141. The lowest BCUT2D eigenvalue weighted by atomic mass is 9.75. The summed E-state index contributed by atoms with van der Waals surface area (Å²) >= 11 is 0. The van der Waals surface area contributed by atoms with Crippen molar-refractivity contribution in [3.63, 3.8) is 0 Å². The van der Waals surface area contributed by atoms with E-state index >= 15 is 0 Å². The smallest absolute Gasteiger partial charge is 0.305 e. The number of carbonyl (C=O) groups is 2. The van der Waals surface area contributed by atoms with E-state index in [2.05, 4.69) is 29.2 Å². The summed E-state index contributed by atoms with van der Waals surface area (Å²) in [5.41, 5.74) is -0.286. The molecule has 5 heteroatoms. The fourth-order valence-corrected chi connectivity index (χ4v) is 2.37. The fraction of sp³-hybridized carbons (Fsp3) is 0.846. The molecular weight excluding hydrogens is 232 g/mol. The van der Waals surface area contributed by atoms with Crippen LogP contribution in [-0.2, 0) is 14.3 Å². The van der Waals surface area contributed by atoms with E-state index in [-0.39, 0.29) is 17.3 Å². The second-order valence-electron chi connectivity index (χ2n) is 5.17. The molecule has 1 aliphatic rings. The Bertz CT molecular complexity index is 297. The molecule has 1 saturated heterocycles. The van der Waals surface area contributed by atoms with Gasteiger partial charge in [-0.1, -0.05) is 13.8 Å². The van der Waals surface area contributed by atoms with E-state index < -0.39 is 0 Å². The molecule has 0 spiro atoms. The standard InChI is InChI=1S/C13H24N2O3/c1-10(2)13(6-8-14-9-13)12(17)15-7-4-5-11(16)18-3/h10,14H,4-9H2,1-3H3,(H,15,17). The fourth-order valence-electron chi connectivity index (χ4n) is 2.37. The van der Waals surface area contributed by atoms with Crippen LogP contribution in [0.4, 0.5) is 0 Å². The average molecular weight is 256 g/mol. The van der Waals surface area contributed by atoms with Gasteiger partial charge in [0.25, 0.3) is 0 Å². The highest BCUT2D eigenvalue weighted by Gasteiger charge is 2.43. The van der Waals surface area contributed by atoms with E-state index in [0.717, 1.165) is 19.5 Å². The van der Waals surface area contributed by atoms with Crippen molar-refractivity contribution >= 4 is 11.9 Å². The van der Waals surface area contributed by atoms with Gasteiger partial charge in [0.2, 0.25) is 5.91 Å². The van der Waals surface area contributed by atoms with Crippen LogP contribution in [0.15, 0.2) is 0 Å². The molecule has 0 bridgehead atoms. The normalized spacial score (nSPS) is 23.1. The lowest BCUT2D eigenvalue weighted by Crippen LogP contribution is -2.46. The largest absolute Gasteiger partial charge is 0.469 e. The number of nitrogens with one attached hydrogen (secondary N) is 2. The van der Waals surface area contributed by atoms with Crippen molar-refractivity contribution in [1.82, 2.24) is 10.6 Å². The van der Waals surface area contributed by atoms with Crippen molar-refractivity contribution in [2.45, 2.75) is 33.1 Å². The zero-order valence-corrected chi connectivity index (χ0v) is 11.5. The molecule has 0 aromatic rings. The van der Waals surface area contributed by atoms with Crippen LogP contribution in [0, 0.1) is 11.3 Å². The first kappa shape index (κ1) is 15.0. The summed E-state index contributed by atoms with van der Waals surface area (Å²) in [6.45, 7) is 6.34. The highest BCUT2D eigenvalue weighted by atomic mass is 16.5. The Morgan fingerprint density at radius 1 is 1.44 bits per heavy atom. The first-order valence-corrected chi connectivity index (χ1v) is 6.59. The minimum Gasteiger partial charge on any atom is -0.469 e. The Balaban J connectivity index is 2.37. The molecule has 1 rings (SSSR count). The third-order valence-electron chi connectivity index (χ3n) is 3.82. The molecule has 104 valence electrons. The summed E-state index contributed by atoms with van der Waals surface area (Å²) in [7, 11) is 1.37. The Morgan fingerprint density at radius 3 is 2.67 bits per heavy atom. The first-order chi connectivity index (χ1) is 8.53. The van der Waals surface area contributed by atoms with Crippen LogP contribution in [0.2, 0.25) is 0 Å². The molecule has 2 N–H and O–H groups in total. The summed E-state index contributed by atoms with van der Waals surface area (Å²) in [6, 6.07) is 0. The van der Waals surface area contributed by atoms with Crippen LogP contribution in [0.25, 0.3) is 0 Å². The maximum atomic E-state index is 12.3. The van der Waals surface area contributed by atoms with Crippen LogP contribution in [-0.4, -0.2) is 38.6 Å². The number of hydrogen-bond donors (Lipinski definition) is 2. The topological polar surface area (TPSA) is 67.4 Å². The van der Waals surface area contributed by atoms with Crippen molar-refractivity contribution in [1.29, 1.82) is 0 Å². The van der Waals surface area contributed by atoms with Crippen molar-refractivity contribution in [2.75, 3.05) is 26.7 Å². The van der Waals surface area contributed by atoms with Crippen molar-refractivity contribution in [3.8, 4) is 0 Å². The van der Waals surface area contributed by atoms with E-state index in [4.69, 9.17) is 0 Å². The molecule has 0 saturated carbocycles. The quantitative estimate of drug-likeness (QED) is 0.542. The molecule has 1 atom stereocenters. The first-order valence-electron chi connectivity index (χ1n) is 6.59. The number of esters is 1. The molecule has 1 amide bonds. The van der Waals surface area contributed by atoms with E-state index in [1.165, 1.54) is 7.11 Å². The lowest BCUT2D eigenvalue weighted by Gasteiger charge is -2.31. The van der Waals surface area contributed by atoms with Crippen molar-refractivity contribution in [3.05, 3.63) is 0 Å². The minimum atomic E-state index is -0.286. The Morgan fingerprint density at radius 2 is 2.17 bits per heavy atom. The van der Waals surface area contributed by atoms with E-state index in [9.17, 15) is 9.59 Å². The average Bonchev–Trinajstić information content (AvgIpc) is 2.84. The molecular formula is C13H24N2O3. The van der Waals surface area contributed by atoms with Gasteiger partial charge in [-0.15, -0.1) is 0 Å². The highest BCUT2D eigenvalue weighted by Crippen LogP contribution is 2.34. The van der Waals surface area contributed by atoms with Gasteiger partial charge in [0.05, 0.1) is 12.5 Å². The number of hydrogen-bond acceptors (Lipinski definition) is 4. The third kappa shape index (κ3) is 3.45. The number of ether oxygens (including phenoxy) is 1. The predicted octanol–water partition coefficient (Wildman–Crippen LogP) is 0.691. The summed E-state index contributed by atoms with van der Waals surface area (Å²) in [6.07, 6.45) is 1.86. The zero-order valence-electron chi connectivity index (χ0n) is 11.5. The van der Waals surface area contributed by atoms with Crippen molar-refractivity contribution in [2.24, 2.45) is 11.3 Å². The number of amides is 1. The van der Waals surface area contributed by atoms with E-state index in [1.807, 2.05) is 0 Å². The molecule has 5 nitrogen and oxygen atoms in total. The number of carbonyl (C=O) groups excluding carboxylic acids is 2. The van der Waals surface area contributed by atoms with Crippen LogP contribution in [0.3, 0.4) is 0 Å². The molecule has 0 aromatic heterocycles. The van der Waals surface area contributed by atoms with Crippen LogP contribution in [0.5, 0.6) is 0 Å². The monoisotopic (exact) mass is 256 g/mol. The maximum Gasteiger partial charge on any atom is 0.305 e. The molecule has 1 heterocycles. The SMILES string of the molecule is COC(=O)CCCNC(=O)C1(C(C)C)CCNC1. The van der Waals surface area contributed by atoms with Gasteiger partial charge in [0, 0.05) is 19.5 Å². The molecule has 1 unspecified atom stereocenters. The summed E-state index contributed by atoms with van der Waals surface area (Å²) in [4.78, 5) is 23.2. The van der Waals surface area contributed by atoms with Crippen molar-refractivity contribution < 1.29 is 14.3 Å². The maximum absolute atomic E-state index is 12.3. The summed E-state index contributed by atoms with van der Waals surface area (Å²) < 4.78 is 4.55. The van der Waals surface area contributed by atoms with Gasteiger partial charge in [-0.3, -0.25) is 9.59 Å². The van der Waals surface area contributed by atoms with Gasteiger partial charge in [-0.05, 0) is 25.3 Å².